The van der Waals surface area contributed by atoms with Crippen LogP contribution in [0.1, 0.15) is 6.92 Å². The van der Waals surface area contributed by atoms with Gasteiger partial charge >= 0.3 is 0 Å². The number of rotatable bonds is 4. The lowest BCUT2D eigenvalue weighted by molar-refractivity contribution is -0.130. The van der Waals surface area contributed by atoms with Gasteiger partial charge in [-0.15, -0.1) is 0 Å². The van der Waals surface area contributed by atoms with E-state index in [2.05, 4.69) is 10.3 Å². The van der Waals surface area contributed by atoms with Gasteiger partial charge in [0.15, 0.2) is 11.6 Å². The fourth-order valence-electron chi connectivity index (χ4n) is 2.34. The number of amides is 1. The van der Waals surface area contributed by atoms with Gasteiger partial charge in [0.2, 0.25) is 5.91 Å². The van der Waals surface area contributed by atoms with E-state index in [-0.39, 0.29) is 11.9 Å². The highest BCUT2D eigenvalue weighted by Gasteiger charge is 2.32. The van der Waals surface area contributed by atoms with Crippen LogP contribution in [0.5, 0.6) is 5.75 Å². The molecular weight excluding hydrogens is 256 g/mol. The van der Waals surface area contributed by atoms with Crippen molar-refractivity contribution in [2.45, 2.75) is 13.0 Å². The minimum absolute atomic E-state index is 0.0744. The molecule has 0 aliphatic carbocycles. The molecule has 1 unspecified atom stereocenters. The lowest BCUT2D eigenvalue weighted by Gasteiger charge is -2.37. The lowest BCUT2D eigenvalue weighted by atomic mass is 10.1. The third kappa shape index (κ3) is 3.01. The number of nitrogens with one attached hydrogen (secondary N) is 1. The Bertz CT molecular complexity index is 464. The summed E-state index contributed by atoms with van der Waals surface area (Å²) in [5.41, 5.74) is 0. The van der Waals surface area contributed by atoms with Gasteiger partial charge in [0, 0.05) is 39.9 Å². The summed E-state index contributed by atoms with van der Waals surface area (Å²) in [6, 6.07) is 3.50. The number of pyridine rings is 1. The maximum absolute atomic E-state index is 12.3. The third-order valence-electron chi connectivity index (χ3n) is 3.29. The smallest absolute Gasteiger partial charge is 0.246 e. The number of likely N-dealkylation sites (N-methyl/N-ethyl adjacent to an activating group) is 1. The Morgan fingerprint density at radius 3 is 3.10 bits per heavy atom. The van der Waals surface area contributed by atoms with Crippen LogP contribution in [0.25, 0.3) is 0 Å². The Labute approximate surface area is 119 Å². The zero-order chi connectivity index (χ0) is 14.5. The van der Waals surface area contributed by atoms with E-state index in [9.17, 15) is 4.79 Å². The monoisotopic (exact) mass is 278 g/mol. The van der Waals surface area contributed by atoms with E-state index in [1.807, 2.05) is 24.0 Å². The van der Waals surface area contributed by atoms with Gasteiger partial charge in [0.1, 0.15) is 6.04 Å². The van der Waals surface area contributed by atoms with Crippen molar-refractivity contribution in [3.05, 3.63) is 18.3 Å². The fourth-order valence-corrected chi connectivity index (χ4v) is 2.34. The van der Waals surface area contributed by atoms with Gasteiger partial charge in [0.05, 0.1) is 6.61 Å². The molecule has 0 bridgehead atoms. The zero-order valence-electron chi connectivity index (χ0n) is 12.3. The lowest BCUT2D eigenvalue weighted by Crippen LogP contribution is -2.58. The van der Waals surface area contributed by atoms with E-state index in [4.69, 9.17) is 4.74 Å². The number of piperazine rings is 1. The maximum atomic E-state index is 12.3. The molecule has 0 spiro atoms. The number of hydrogen-bond donors (Lipinski definition) is 1. The van der Waals surface area contributed by atoms with Crippen LogP contribution >= 0.6 is 0 Å². The summed E-state index contributed by atoms with van der Waals surface area (Å²) in [5, 5.41) is 3.26. The standard InChI is InChI=1S/C14H22N4O2/c1-4-20-12-6-5-7-16-13(12)18-9-8-15-10-11(18)14(19)17(2)3/h5-7,11,15H,4,8-10H2,1-3H3. The molecule has 1 amide bonds. The molecule has 1 aliphatic rings. The highest BCUT2D eigenvalue weighted by atomic mass is 16.5. The normalized spacial score (nSPS) is 18.8. The quantitative estimate of drug-likeness (QED) is 0.861. The summed E-state index contributed by atoms with van der Waals surface area (Å²) >= 11 is 0. The van der Waals surface area contributed by atoms with E-state index in [0.717, 1.165) is 24.7 Å². The van der Waals surface area contributed by atoms with E-state index in [1.165, 1.54) is 0 Å². The number of aromatic nitrogens is 1. The van der Waals surface area contributed by atoms with Crippen molar-refractivity contribution in [1.82, 2.24) is 15.2 Å². The van der Waals surface area contributed by atoms with Gasteiger partial charge < -0.3 is 19.9 Å². The molecular formula is C14H22N4O2. The van der Waals surface area contributed by atoms with Crippen LogP contribution in [0.15, 0.2) is 18.3 Å². The van der Waals surface area contributed by atoms with Crippen LogP contribution in [-0.2, 0) is 4.79 Å². The van der Waals surface area contributed by atoms with Crippen LogP contribution in [0.4, 0.5) is 5.82 Å². The van der Waals surface area contributed by atoms with Gasteiger partial charge in [-0.25, -0.2) is 4.98 Å². The van der Waals surface area contributed by atoms with Crippen molar-refractivity contribution in [3.8, 4) is 5.75 Å². The molecule has 1 aliphatic heterocycles. The second kappa shape index (κ2) is 6.56. The Hall–Kier alpha value is -1.82. The Morgan fingerprint density at radius 2 is 2.40 bits per heavy atom. The van der Waals surface area contributed by atoms with Crippen LogP contribution < -0.4 is 15.0 Å². The van der Waals surface area contributed by atoms with Crippen LogP contribution in [0.2, 0.25) is 0 Å². The average molecular weight is 278 g/mol. The highest BCUT2D eigenvalue weighted by molar-refractivity contribution is 5.85. The summed E-state index contributed by atoms with van der Waals surface area (Å²) in [5.74, 6) is 1.55. The molecule has 20 heavy (non-hydrogen) atoms. The first-order chi connectivity index (χ1) is 9.65. The SMILES string of the molecule is CCOc1cccnc1N1CCNCC1C(=O)N(C)C. The first-order valence-corrected chi connectivity index (χ1v) is 6.91. The number of anilines is 1. The largest absolute Gasteiger partial charge is 0.490 e. The molecule has 1 fully saturated rings. The van der Waals surface area contributed by atoms with Crippen molar-refractivity contribution in [2.75, 3.05) is 45.2 Å². The molecule has 2 heterocycles. The predicted octanol–water partition coefficient (Wildman–Crippen LogP) is 0.347. The van der Waals surface area contributed by atoms with Crippen molar-refractivity contribution in [2.24, 2.45) is 0 Å². The summed E-state index contributed by atoms with van der Waals surface area (Å²) in [6.45, 7) is 4.72. The summed E-state index contributed by atoms with van der Waals surface area (Å²) in [4.78, 5) is 20.4. The van der Waals surface area contributed by atoms with Gasteiger partial charge in [-0.3, -0.25) is 4.79 Å². The van der Waals surface area contributed by atoms with Gasteiger partial charge in [0.25, 0.3) is 0 Å². The molecule has 2 rings (SSSR count). The fraction of sp³-hybridized carbons (Fsp3) is 0.571. The number of carbonyl (C=O) groups is 1. The van der Waals surface area contributed by atoms with Crippen molar-refractivity contribution < 1.29 is 9.53 Å². The maximum Gasteiger partial charge on any atom is 0.246 e. The molecule has 1 atom stereocenters. The van der Waals surface area contributed by atoms with Gasteiger partial charge in [-0.05, 0) is 19.1 Å². The molecule has 1 saturated heterocycles. The molecule has 1 N–H and O–H groups in total. The summed E-state index contributed by atoms with van der Waals surface area (Å²) < 4.78 is 5.63. The molecule has 0 radical (unpaired) electrons. The average Bonchev–Trinajstić information content (AvgIpc) is 2.47. The number of hydrogen-bond acceptors (Lipinski definition) is 5. The molecule has 0 saturated carbocycles. The van der Waals surface area contributed by atoms with Crippen molar-refractivity contribution in [1.29, 1.82) is 0 Å². The first kappa shape index (κ1) is 14.6. The van der Waals surface area contributed by atoms with Gasteiger partial charge in [-0.2, -0.15) is 0 Å². The molecule has 6 nitrogen and oxygen atoms in total. The minimum Gasteiger partial charge on any atom is -0.490 e. The zero-order valence-corrected chi connectivity index (χ0v) is 12.3. The van der Waals surface area contributed by atoms with E-state index in [0.29, 0.717) is 13.2 Å². The van der Waals surface area contributed by atoms with Gasteiger partial charge in [-0.1, -0.05) is 0 Å². The molecule has 1 aromatic rings. The Kier molecular flexibility index (Phi) is 4.79. The molecule has 1 aromatic heterocycles. The van der Waals surface area contributed by atoms with E-state index >= 15 is 0 Å². The predicted molar refractivity (Wildman–Crippen MR) is 78.1 cm³/mol. The first-order valence-electron chi connectivity index (χ1n) is 6.91. The molecule has 6 heteroatoms. The van der Waals surface area contributed by atoms with Crippen molar-refractivity contribution >= 4 is 11.7 Å². The van der Waals surface area contributed by atoms with E-state index < -0.39 is 0 Å². The number of ether oxygens (including phenoxy) is 1. The van der Waals surface area contributed by atoms with Crippen LogP contribution in [-0.4, -0.2) is 62.2 Å². The number of carbonyl (C=O) groups excluding carboxylic acids is 1. The minimum atomic E-state index is -0.243. The summed E-state index contributed by atoms with van der Waals surface area (Å²) in [7, 11) is 3.55. The highest BCUT2D eigenvalue weighted by Crippen LogP contribution is 2.27. The van der Waals surface area contributed by atoms with Crippen LogP contribution in [0.3, 0.4) is 0 Å². The second-order valence-electron chi connectivity index (χ2n) is 4.90. The second-order valence-corrected chi connectivity index (χ2v) is 4.90. The van der Waals surface area contributed by atoms with E-state index in [1.54, 1.807) is 25.2 Å². The Balaban J connectivity index is 2.30. The Morgan fingerprint density at radius 1 is 1.60 bits per heavy atom. The third-order valence-corrected chi connectivity index (χ3v) is 3.29. The summed E-state index contributed by atoms with van der Waals surface area (Å²) in [6.07, 6.45) is 1.73. The number of nitrogens with zero attached hydrogens (tertiary/aromatic N) is 3. The van der Waals surface area contributed by atoms with Crippen molar-refractivity contribution in [3.63, 3.8) is 0 Å². The molecule has 0 aromatic carbocycles. The van der Waals surface area contributed by atoms with Crippen LogP contribution in [0, 0.1) is 0 Å². The molecule has 110 valence electrons. The topological polar surface area (TPSA) is 57.7 Å².